The Balaban J connectivity index is 2.78. The minimum Gasteiger partial charge on any atom is -0.465 e. The van der Waals surface area contributed by atoms with Crippen LogP contribution in [0.5, 0.6) is 0 Å². The first-order valence-electron chi connectivity index (χ1n) is 6.61. The highest BCUT2D eigenvalue weighted by molar-refractivity contribution is 5.90. The maximum Gasteiger partial charge on any atom is 0.337 e. The lowest BCUT2D eigenvalue weighted by atomic mass is 10.0. The van der Waals surface area contributed by atoms with Crippen LogP contribution in [0.2, 0.25) is 0 Å². The number of aliphatic hydroxyl groups excluding tert-OH is 1. The van der Waals surface area contributed by atoms with Crippen molar-refractivity contribution in [1.82, 2.24) is 0 Å². The molecule has 0 fully saturated rings. The summed E-state index contributed by atoms with van der Waals surface area (Å²) >= 11 is 0. The Labute approximate surface area is 120 Å². The minimum atomic E-state index is -0.946. The fourth-order valence-corrected chi connectivity index (χ4v) is 1.60. The zero-order valence-corrected chi connectivity index (χ0v) is 12.4. The smallest absolute Gasteiger partial charge is 0.337 e. The van der Waals surface area contributed by atoms with E-state index in [4.69, 9.17) is 4.74 Å². The van der Waals surface area contributed by atoms with Crippen molar-refractivity contribution in [2.45, 2.75) is 27.1 Å². The van der Waals surface area contributed by atoms with Crippen molar-refractivity contribution in [3.8, 4) is 0 Å². The van der Waals surface area contributed by atoms with E-state index in [0.29, 0.717) is 18.1 Å². The molecule has 0 radical (unpaired) electrons. The van der Waals surface area contributed by atoms with Crippen LogP contribution in [0.4, 0.5) is 0 Å². The zero-order chi connectivity index (χ0) is 15.1. The average molecular weight is 278 g/mol. The number of methoxy groups -OCH3 is 1. The van der Waals surface area contributed by atoms with Gasteiger partial charge in [0.2, 0.25) is 0 Å². The van der Waals surface area contributed by atoms with E-state index in [1.807, 2.05) is 26.8 Å². The number of carbonyl (C=O) groups excluding carboxylic acids is 1. The van der Waals surface area contributed by atoms with Gasteiger partial charge < -0.3 is 14.6 Å². The van der Waals surface area contributed by atoms with E-state index in [9.17, 15) is 9.90 Å². The third kappa shape index (κ3) is 5.15. The number of benzene rings is 1. The van der Waals surface area contributed by atoms with Crippen LogP contribution < -0.4 is 0 Å². The van der Waals surface area contributed by atoms with Crippen LogP contribution in [-0.4, -0.2) is 31.1 Å². The van der Waals surface area contributed by atoms with Crippen LogP contribution in [-0.2, 0) is 9.47 Å². The third-order valence-corrected chi connectivity index (χ3v) is 2.74. The van der Waals surface area contributed by atoms with Crippen molar-refractivity contribution in [3.05, 3.63) is 41.0 Å². The molecule has 0 spiro atoms. The molecular formula is C16H22O4. The van der Waals surface area contributed by atoms with Crippen LogP contribution in [0.25, 0.3) is 6.08 Å². The highest BCUT2D eigenvalue weighted by atomic mass is 16.6. The SMILES string of the molecule is COC(=O)c1ccc(C)c(/C=C/C(O)OCC(C)C)c1. The van der Waals surface area contributed by atoms with Gasteiger partial charge >= 0.3 is 5.97 Å². The van der Waals surface area contributed by atoms with E-state index < -0.39 is 6.29 Å². The summed E-state index contributed by atoms with van der Waals surface area (Å²) in [4.78, 5) is 11.5. The number of hydrogen-bond acceptors (Lipinski definition) is 4. The second kappa shape index (κ2) is 7.82. The predicted octanol–water partition coefficient (Wildman–Crippen LogP) is 2.79. The standard InChI is InChI=1S/C16H22O4/c1-11(2)10-20-15(17)8-7-13-9-14(16(18)19-4)6-5-12(13)3/h5-9,11,15,17H,10H2,1-4H3/b8-7+. The molecule has 4 nitrogen and oxygen atoms in total. The van der Waals surface area contributed by atoms with Gasteiger partial charge in [0.05, 0.1) is 19.3 Å². The Morgan fingerprint density at radius 3 is 2.70 bits per heavy atom. The molecule has 1 unspecified atom stereocenters. The molecule has 1 aromatic carbocycles. The number of aliphatic hydroxyl groups is 1. The summed E-state index contributed by atoms with van der Waals surface area (Å²) in [5.74, 6) is -0.0151. The van der Waals surface area contributed by atoms with Gasteiger partial charge in [-0.1, -0.05) is 26.0 Å². The molecule has 110 valence electrons. The topological polar surface area (TPSA) is 55.8 Å². The van der Waals surface area contributed by atoms with Crippen molar-refractivity contribution < 1.29 is 19.4 Å². The normalized spacial score (nSPS) is 12.9. The molecule has 0 aliphatic rings. The highest BCUT2D eigenvalue weighted by Crippen LogP contribution is 2.14. The molecule has 1 rings (SSSR count). The molecule has 0 aliphatic heterocycles. The summed E-state index contributed by atoms with van der Waals surface area (Å²) in [5, 5.41) is 9.67. The van der Waals surface area contributed by atoms with Gasteiger partial charge in [-0.05, 0) is 42.2 Å². The van der Waals surface area contributed by atoms with Gasteiger partial charge in [0.15, 0.2) is 6.29 Å². The Hall–Kier alpha value is -1.65. The van der Waals surface area contributed by atoms with E-state index in [-0.39, 0.29) is 5.97 Å². The molecule has 1 atom stereocenters. The molecule has 0 aliphatic carbocycles. The molecule has 1 N–H and O–H groups in total. The maximum absolute atomic E-state index is 11.5. The monoisotopic (exact) mass is 278 g/mol. The molecular weight excluding hydrogens is 256 g/mol. The van der Waals surface area contributed by atoms with E-state index in [1.165, 1.54) is 7.11 Å². The van der Waals surface area contributed by atoms with Crippen molar-refractivity contribution in [2.24, 2.45) is 5.92 Å². The largest absolute Gasteiger partial charge is 0.465 e. The second-order valence-corrected chi connectivity index (χ2v) is 5.04. The fourth-order valence-electron chi connectivity index (χ4n) is 1.60. The van der Waals surface area contributed by atoms with E-state index >= 15 is 0 Å². The quantitative estimate of drug-likeness (QED) is 0.642. The highest BCUT2D eigenvalue weighted by Gasteiger charge is 2.07. The molecule has 0 bridgehead atoms. The Morgan fingerprint density at radius 1 is 1.40 bits per heavy atom. The van der Waals surface area contributed by atoms with Gasteiger partial charge in [-0.15, -0.1) is 0 Å². The summed E-state index contributed by atoms with van der Waals surface area (Å²) in [5.41, 5.74) is 2.33. The number of rotatable bonds is 6. The van der Waals surface area contributed by atoms with Gasteiger partial charge in [-0.2, -0.15) is 0 Å². The van der Waals surface area contributed by atoms with Gasteiger partial charge in [0, 0.05) is 0 Å². The molecule has 20 heavy (non-hydrogen) atoms. The van der Waals surface area contributed by atoms with Crippen molar-refractivity contribution in [3.63, 3.8) is 0 Å². The number of esters is 1. The number of hydrogen-bond donors (Lipinski definition) is 1. The second-order valence-electron chi connectivity index (χ2n) is 5.04. The van der Waals surface area contributed by atoms with Crippen LogP contribution in [0.1, 0.15) is 35.3 Å². The lowest BCUT2D eigenvalue weighted by Gasteiger charge is -2.10. The van der Waals surface area contributed by atoms with Crippen LogP contribution in [0.15, 0.2) is 24.3 Å². The Morgan fingerprint density at radius 2 is 2.10 bits per heavy atom. The van der Waals surface area contributed by atoms with Gasteiger partial charge in [0.1, 0.15) is 0 Å². The summed E-state index contributed by atoms with van der Waals surface area (Å²) in [6, 6.07) is 5.28. The summed E-state index contributed by atoms with van der Waals surface area (Å²) in [6.07, 6.45) is 2.36. The van der Waals surface area contributed by atoms with Crippen LogP contribution in [0, 0.1) is 12.8 Å². The van der Waals surface area contributed by atoms with Gasteiger partial charge in [-0.25, -0.2) is 4.79 Å². The van der Waals surface area contributed by atoms with Gasteiger partial charge in [0.25, 0.3) is 0 Å². The Kier molecular flexibility index (Phi) is 6.42. The van der Waals surface area contributed by atoms with Crippen LogP contribution in [0.3, 0.4) is 0 Å². The maximum atomic E-state index is 11.5. The molecule has 0 heterocycles. The lowest BCUT2D eigenvalue weighted by molar-refractivity contribution is -0.0725. The van der Waals surface area contributed by atoms with Crippen molar-refractivity contribution in [1.29, 1.82) is 0 Å². The van der Waals surface area contributed by atoms with Crippen molar-refractivity contribution >= 4 is 12.0 Å². The minimum absolute atomic E-state index is 0.363. The summed E-state index contributed by atoms with van der Waals surface area (Å²) in [7, 11) is 1.35. The van der Waals surface area contributed by atoms with E-state index in [2.05, 4.69) is 4.74 Å². The first kappa shape index (κ1) is 16.4. The van der Waals surface area contributed by atoms with E-state index in [0.717, 1.165) is 11.1 Å². The first-order chi connectivity index (χ1) is 9.43. The average Bonchev–Trinajstić information content (AvgIpc) is 2.43. The lowest BCUT2D eigenvalue weighted by Crippen LogP contribution is -2.12. The molecule has 0 amide bonds. The first-order valence-corrected chi connectivity index (χ1v) is 6.61. The fraction of sp³-hybridized carbons (Fsp3) is 0.438. The molecule has 0 saturated heterocycles. The molecule has 4 heteroatoms. The van der Waals surface area contributed by atoms with Crippen LogP contribution >= 0.6 is 0 Å². The van der Waals surface area contributed by atoms with Crippen molar-refractivity contribution in [2.75, 3.05) is 13.7 Å². The Bertz CT molecular complexity index is 477. The third-order valence-electron chi connectivity index (χ3n) is 2.74. The predicted molar refractivity (Wildman–Crippen MR) is 78.3 cm³/mol. The summed E-state index contributed by atoms with van der Waals surface area (Å²) < 4.78 is 9.93. The summed E-state index contributed by atoms with van der Waals surface area (Å²) in [6.45, 7) is 6.45. The van der Waals surface area contributed by atoms with Gasteiger partial charge in [-0.3, -0.25) is 0 Å². The zero-order valence-electron chi connectivity index (χ0n) is 12.4. The molecule has 1 aromatic rings. The molecule has 0 aromatic heterocycles. The number of carbonyl (C=O) groups is 1. The van der Waals surface area contributed by atoms with E-state index in [1.54, 1.807) is 24.3 Å². The molecule has 0 saturated carbocycles. The number of ether oxygens (including phenoxy) is 2. The number of aryl methyl sites for hydroxylation is 1.